The first-order chi connectivity index (χ1) is 12.4. The van der Waals surface area contributed by atoms with E-state index in [1.165, 1.54) is 0 Å². The van der Waals surface area contributed by atoms with Crippen molar-refractivity contribution in [1.82, 2.24) is 0 Å². The van der Waals surface area contributed by atoms with Gasteiger partial charge >= 0.3 is 0 Å². The Morgan fingerprint density at radius 3 is 2.46 bits per heavy atom. The largest absolute Gasteiger partial charge is 0.481 e. The van der Waals surface area contributed by atoms with Crippen LogP contribution in [0.5, 0.6) is 5.75 Å². The minimum absolute atomic E-state index is 0.0382. The third kappa shape index (κ3) is 4.25. The van der Waals surface area contributed by atoms with E-state index in [4.69, 9.17) is 16.3 Å². The Morgan fingerprint density at radius 1 is 1.19 bits per heavy atom. The number of halogens is 3. The average Bonchev–Trinajstić information content (AvgIpc) is 3.08. The molecular weight excluding hydrogens is 362 g/mol. The van der Waals surface area contributed by atoms with Gasteiger partial charge in [0.2, 0.25) is 0 Å². The first kappa shape index (κ1) is 18.5. The summed E-state index contributed by atoms with van der Waals surface area (Å²) in [4.78, 5) is 13.9. The van der Waals surface area contributed by atoms with E-state index in [1.54, 1.807) is 36.1 Å². The molecule has 1 heterocycles. The molecule has 1 unspecified atom stereocenters. The van der Waals surface area contributed by atoms with Crippen LogP contribution in [0, 0.1) is 11.6 Å². The van der Waals surface area contributed by atoms with Crippen molar-refractivity contribution in [2.45, 2.75) is 25.9 Å². The van der Waals surface area contributed by atoms with Crippen molar-refractivity contribution in [3.63, 3.8) is 0 Å². The van der Waals surface area contributed by atoms with E-state index in [0.29, 0.717) is 23.9 Å². The second-order valence-corrected chi connectivity index (χ2v) is 6.63. The Bertz CT molecular complexity index is 787. The molecule has 138 valence electrons. The summed E-state index contributed by atoms with van der Waals surface area (Å²) in [5.74, 6) is -1.46. The van der Waals surface area contributed by atoms with Crippen LogP contribution in [0.2, 0.25) is 5.02 Å². The lowest BCUT2D eigenvalue weighted by molar-refractivity contribution is -0.122. The second kappa shape index (κ2) is 7.91. The number of anilines is 2. The molecule has 0 spiro atoms. The minimum atomic E-state index is -0.863. The van der Waals surface area contributed by atoms with Crippen LogP contribution in [0.4, 0.5) is 20.2 Å². The van der Waals surface area contributed by atoms with Gasteiger partial charge in [-0.05, 0) is 50.1 Å². The van der Waals surface area contributed by atoms with E-state index in [0.717, 1.165) is 25.0 Å². The van der Waals surface area contributed by atoms with Gasteiger partial charge in [0.05, 0.1) is 0 Å². The van der Waals surface area contributed by atoms with Gasteiger partial charge in [0, 0.05) is 23.8 Å². The lowest BCUT2D eigenvalue weighted by Gasteiger charge is -2.20. The van der Waals surface area contributed by atoms with Crippen molar-refractivity contribution in [1.29, 1.82) is 0 Å². The maximum atomic E-state index is 14.3. The van der Waals surface area contributed by atoms with Gasteiger partial charge in [0.15, 0.2) is 17.7 Å². The number of carbonyl (C=O) groups is 1. The smallest absolute Gasteiger partial charge is 0.265 e. The Balaban J connectivity index is 1.68. The van der Waals surface area contributed by atoms with E-state index < -0.39 is 23.6 Å². The molecule has 0 aliphatic carbocycles. The van der Waals surface area contributed by atoms with Crippen molar-refractivity contribution < 1.29 is 18.3 Å². The molecule has 2 aromatic carbocycles. The first-order valence-corrected chi connectivity index (χ1v) is 8.79. The molecule has 1 aliphatic rings. The van der Waals surface area contributed by atoms with Crippen LogP contribution in [-0.2, 0) is 4.79 Å². The number of ether oxygens (including phenoxy) is 1. The molecule has 0 aromatic heterocycles. The van der Waals surface area contributed by atoms with Crippen LogP contribution in [0.15, 0.2) is 36.4 Å². The van der Waals surface area contributed by atoms with Crippen molar-refractivity contribution in [3.8, 4) is 5.75 Å². The standard InChI is InChI=1S/C19H19ClF2N2O2/c1-12(26-15-6-4-5-13(20)9-15)19(25)23-14-10-16(21)18(17(22)11-14)24-7-2-3-8-24/h4-6,9-12H,2-3,7-8H2,1H3,(H,23,25). The number of rotatable bonds is 5. The summed E-state index contributed by atoms with van der Waals surface area (Å²) in [6.45, 7) is 2.80. The second-order valence-electron chi connectivity index (χ2n) is 6.19. The molecule has 1 fully saturated rings. The van der Waals surface area contributed by atoms with Gasteiger partial charge in [-0.1, -0.05) is 17.7 Å². The molecule has 1 saturated heterocycles. The van der Waals surface area contributed by atoms with E-state index in [-0.39, 0.29) is 11.4 Å². The zero-order valence-electron chi connectivity index (χ0n) is 14.3. The van der Waals surface area contributed by atoms with Crippen molar-refractivity contribution >= 4 is 28.9 Å². The lowest BCUT2D eigenvalue weighted by Crippen LogP contribution is -2.30. The molecule has 3 rings (SSSR count). The van der Waals surface area contributed by atoms with Crippen LogP contribution in [-0.4, -0.2) is 25.1 Å². The fourth-order valence-electron chi connectivity index (χ4n) is 2.92. The third-order valence-corrected chi connectivity index (χ3v) is 4.42. The van der Waals surface area contributed by atoms with Gasteiger partial charge in [-0.15, -0.1) is 0 Å². The summed E-state index contributed by atoms with van der Waals surface area (Å²) >= 11 is 5.87. The Hall–Kier alpha value is -2.34. The Labute approximate surface area is 155 Å². The number of carbonyl (C=O) groups excluding carboxylic acids is 1. The summed E-state index contributed by atoms with van der Waals surface area (Å²) in [6.07, 6.45) is 0.962. The van der Waals surface area contributed by atoms with Crippen molar-refractivity contribution in [2.75, 3.05) is 23.3 Å². The predicted octanol–water partition coefficient (Wildman–Crippen LogP) is 4.62. The number of benzene rings is 2. The summed E-state index contributed by atoms with van der Waals surface area (Å²) in [6, 6.07) is 8.88. The number of nitrogens with zero attached hydrogens (tertiary/aromatic N) is 1. The fourth-order valence-corrected chi connectivity index (χ4v) is 3.10. The molecule has 1 N–H and O–H groups in total. The summed E-state index contributed by atoms with van der Waals surface area (Å²) in [5.41, 5.74) is 0.0122. The maximum absolute atomic E-state index is 14.3. The molecule has 2 aromatic rings. The van der Waals surface area contributed by atoms with Crippen LogP contribution in [0.3, 0.4) is 0 Å². The van der Waals surface area contributed by atoms with E-state index in [2.05, 4.69) is 5.32 Å². The normalized spacial score (nSPS) is 15.0. The molecule has 1 aliphatic heterocycles. The molecule has 0 saturated carbocycles. The summed E-state index contributed by atoms with van der Waals surface area (Å²) in [7, 11) is 0. The van der Waals surface area contributed by atoms with E-state index in [9.17, 15) is 13.6 Å². The van der Waals surface area contributed by atoms with E-state index in [1.807, 2.05) is 0 Å². The Kier molecular flexibility index (Phi) is 5.61. The van der Waals surface area contributed by atoms with Gasteiger partial charge in [-0.2, -0.15) is 0 Å². The number of hydrogen-bond acceptors (Lipinski definition) is 3. The Morgan fingerprint density at radius 2 is 1.85 bits per heavy atom. The topological polar surface area (TPSA) is 41.6 Å². The SMILES string of the molecule is CC(Oc1cccc(Cl)c1)C(=O)Nc1cc(F)c(N2CCCC2)c(F)c1. The molecule has 26 heavy (non-hydrogen) atoms. The van der Waals surface area contributed by atoms with Crippen LogP contribution >= 0.6 is 11.6 Å². The number of amides is 1. The third-order valence-electron chi connectivity index (χ3n) is 4.18. The van der Waals surface area contributed by atoms with Crippen LogP contribution < -0.4 is 15.0 Å². The van der Waals surface area contributed by atoms with E-state index >= 15 is 0 Å². The fraction of sp³-hybridized carbons (Fsp3) is 0.316. The quantitative estimate of drug-likeness (QED) is 0.822. The number of hydrogen-bond donors (Lipinski definition) is 1. The molecule has 0 bridgehead atoms. The van der Waals surface area contributed by atoms with Gasteiger partial charge in [-0.25, -0.2) is 8.78 Å². The molecule has 4 nitrogen and oxygen atoms in total. The zero-order valence-corrected chi connectivity index (χ0v) is 15.0. The number of nitrogens with one attached hydrogen (secondary N) is 1. The molecule has 0 radical (unpaired) electrons. The highest BCUT2D eigenvalue weighted by Crippen LogP contribution is 2.29. The van der Waals surface area contributed by atoms with Crippen LogP contribution in [0.25, 0.3) is 0 Å². The van der Waals surface area contributed by atoms with Gasteiger partial charge in [0.25, 0.3) is 5.91 Å². The van der Waals surface area contributed by atoms with Gasteiger partial charge < -0.3 is 15.0 Å². The molecule has 7 heteroatoms. The first-order valence-electron chi connectivity index (χ1n) is 8.41. The summed E-state index contributed by atoms with van der Waals surface area (Å²) in [5, 5.41) is 2.96. The van der Waals surface area contributed by atoms with Gasteiger partial charge in [0.1, 0.15) is 11.4 Å². The minimum Gasteiger partial charge on any atom is -0.481 e. The molecule has 1 amide bonds. The average molecular weight is 381 g/mol. The molecular formula is C19H19ClF2N2O2. The molecule has 1 atom stereocenters. The van der Waals surface area contributed by atoms with Crippen molar-refractivity contribution in [3.05, 3.63) is 53.1 Å². The maximum Gasteiger partial charge on any atom is 0.265 e. The zero-order chi connectivity index (χ0) is 18.7. The highest BCUT2D eigenvalue weighted by atomic mass is 35.5. The highest BCUT2D eigenvalue weighted by molar-refractivity contribution is 6.30. The highest BCUT2D eigenvalue weighted by Gasteiger charge is 2.22. The van der Waals surface area contributed by atoms with Crippen molar-refractivity contribution in [2.24, 2.45) is 0 Å². The monoisotopic (exact) mass is 380 g/mol. The lowest BCUT2D eigenvalue weighted by atomic mass is 10.2. The summed E-state index contributed by atoms with van der Waals surface area (Å²) < 4.78 is 34.2. The van der Waals surface area contributed by atoms with Gasteiger partial charge in [-0.3, -0.25) is 4.79 Å². The van der Waals surface area contributed by atoms with Crippen LogP contribution in [0.1, 0.15) is 19.8 Å². The predicted molar refractivity (Wildman–Crippen MR) is 98.0 cm³/mol.